The van der Waals surface area contributed by atoms with Gasteiger partial charge in [-0.15, -0.1) is 5.92 Å². The van der Waals surface area contributed by atoms with E-state index < -0.39 is 0 Å². The van der Waals surface area contributed by atoms with E-state index >= 15 is 0 Å². The first-order chi connectivity index (χ1) is 4.43. The fourth-order valence-corrected chi connectivity index (χ4v) is 0.551. The van der Waals surface area contributed by atoms with E-state index in [2.05, 4.69) is 16.8 Å². The molecule has 0 N–H and O–H groups in total. The zero-order chi connectivity index (χ0) is 6.53. The normalized spacial score (nSPS) is 8.11. The molecule has 0 aliphatic carbocycles. The van der Waals surface area contributed by atoms with Gasteiger partial charge in [0, 0.05) is 12.4 Å². The molecule has 0 aliphatic heterocycles. The number of hydrogen-bond acceptors (Lipinski definition) is 1. The van der Waals surface area contributed by atoms with Crippen molar-refractivity contribution in [2.24, 2.45) is 0 Å². The second kappa shape index (κ2) is 2.93. The van der Waals surface area contributed by atoms with Gasteiger partial charge >= 0.3 is 0 Å². The van der Waals surface area contributed by atoms with E-state index in [1.807, 2.05) is 17.7 Å². The third kappa shape index (κ3) is 1.61. The zero-order valence-electron chi connectivity index (χ0n) is 5.33. The molecule has 0 atom stereocenters. The quantitative estimate of drug-likeness (QED) is 0.503. The molecular weight excluding hydrogens is 112 g/mol. The van der Waals surface area contributed by atoms with Crippen LogP contribution in [0.2, 0.25) is 0 Å². The molecule has 2 nitrogen and oxygen atoms in total. The molecule has 9 heavy (non-hydrogen) atoms. The van der Waals surface area contributed by atoms with Crippen molar-refractivity contribution in [3.63, 3.8) is 0 Å². The van der Waals surface area contributed by atoms with Gasteiger partial charge in [-0.25, -0.2) is 4.98 Å². The first-order valence-electron chi connectivity index (χ1n) is 2.79. The Hall–Kier alpha value is -1.23. The Labute approximate surface area is 54.5 Å². The van der Waals surface area contributed by atoms with Crippen molar-refractivity contribution in [3.05, 3.63) is 18.7 Å². The van der Waals surface area contributed by atoms with Crippen LogP contribution in [0.3, 0.4) is 0 Å². The number of nitrogens with zero attached hydrogens (tertiary/aromatic N) is 2. The van der Waals surface area contributed by atoms with Gasteiger partial charge in [0.15, 0.2) is 0 Å². The molecule has 1 aromatic rings. The Morgan fingerprint density at radius 1 is 1.67 bits per heavy atom. The Morgan fingerprint density at radius 2 is 2.56 bits per heavy atom. The Balaban J connectivity index is 2.54. The van der Waals surface area contributed by atoms with E-state index in [4.69, 9.17) is 0 Å². The van der Waals surface area contributed by atoms with Crippen molar-refractivity contribution >= 4 is 0 Å². The summed E-state index contributed by atoms with van der Waals surface area (Å²) in [6.07, 6.45) is 5.39. The topological polar surface area (TPSA) is 17.8 Å². The lowest BCUT2D eigenvalue weighted by Crippen LogP contribution is -1.89. The predicted molar refractivity (Wildman–Crippen MR) is 35.7 cm³/mol. The van der Waals surface area contributed by atoms with Gasteiger partial charge < -0.3 is 4.57 Å². The number of hydrogen-bond donors (Lipinski definition) is 0. The molecule has 0 saturated carbocycles. The highest BCUT2D eigenvalue weighted by Crippen LogP contribution is 1.82. The van der Waals surface area contributed by atoms with E-state index in [1.165, 1.54) is 0 Å². The summed E-state index contributed by atoms with van der Waals surface area (Å²) >= 11 is 0. The fraction of sp³-hybridized carbons (Fsp3) is 0.286. The molecule has 2 heteroatoms. The molecule has 0 aromatic carbocycles. The van der Waals surface area contributed by atoms with Gasteiger partial charge in [0.25, 0.3) is 0 Å². The van der Waals surface area contributed by atoms with E-state index in [9.17, 15) is 0 Å². The van der Waals surface area contributed by atoms with Gasteiger partial charge in [-0.3, -0.25) is 0 Å². The molecule has 1 aromatic heterocycles. The van der Waals surface area contributed by atoms with Gasteiger partial charge in [0.2, 0.25) is 0 Å². The van der Waals surface area contributed by atoms with Crippen molar-refractivity contribution < 1.29 is 0 Å². The van der Waals surface area contributed by atoms with Crippen molar-refractivity contribution in [2.45, 2.75) is 13.5 Å². The summed E-state index contributed by atoms with van der Waals surface area (Å²) in [7, 11) is 0. The minimum absolute atomic E-state index is 0.747. The van der Waals surface area contributed by atoms with Gasteiger partial charge in [-0.2, -0.15) is 0 Å². The summed E-state index contributed by atoms with van der Waals surface area (Å²) in [6, 6.07) is 0. The smallest absolute Gasteiger partial charge is 0.0954 e. The molecular formula is C7H8N2. The van der Waals surface area contributed by atoms with Crippen LogP contribution in [0.1, 0.15) is 6.92 Å². The van der Waals surface area contributed by atoms with Crippen molar-refractivity contribution in [2.75, 3.05) is 0 Å². The van der Waals surface area contributed by atoms with Gasteiger partial charge in [-0.05, 0) is 6.92 Å². The van der Waals surface area contributed by atoms with Crippen LogP contribution >= 0.6 is 0 Å². The lowest BCUT2D eigenvalue weighted by Gasteiger charge is -1.88. The molecule has 0 radical (unpaired) electrons. The minimum atomic E-state index is 0.747. The third-order valence-electron chi connectivity index (χ3n) is 0.998. The van der Waals surface area contributed by atoms with E-state index in [0.717, 1.165) is 6.54 Å². The van der Waals surface area contributed by atoms with Crippen LogP contribution in [0.4, 0.5) is 0 Å². The first-order valence-corrected chi connectivity index (χ1v) is 2.79. The molecule has 0 bridgehead atoms. The average Bonchev–Trinajstić information content (AvgIpc) is 2.34. The van der Waals surface area contributed by atoms with E-state index in [0.29, 0.717) is 0 Å². The van der Waals surface area contributed by atoms with Crippen LogP contribution in [0.25, 0.3) is 0 Å². The maximum absolute atomic E-state index is 3.87. The van der Waals surface area contributed by atoms with Crippen LogP contribution in [0, 0.1) is 11.8 Å². The third-order valence-corrected chi connectivity index (χ3v) is 0.998. The van der Waals surface area contributed by atoms with Gasteiger partial charge in [0.1, 0.15) is 0 Å². The lowest BCUT2D eigenvalue weighted by molar-refractivity contribution is 0.839. The molecule has 1 heterocycles. The molecule has 1 rings (SSSR count). The Bertz CT molecular complexity index is 213. The summed E-state index contributed by atoms with van der Waals surface area (Å²) in [6.45, 7) is 2.58. The van der Waals surface area contributed by atoms with Crippen molar-refractivity contribution in [1.82, 2.24) is 9.55 Å². The Morgan fingerprint density at radius 3 is 3.11 bits per heavy atom. The van der Waals surface area contributed by atoms with Gasteiger partial charge in [0.05, 0.1) is 12.9 Å². The average molecular weight is 120 g/mol. The monoisotopic (exact) mass is 120 g/mol. The van der Waals surface area contributed by atoms with Crippen LogP contribution < -0.4 is 0 Å². The van der Waals surface area contributed by atoms with Crippen molar-refractivity contribution in [3.8, 4) is 11.8 Å². The summed E-state index contributed by atoms with van der Waals surface area (Å²) in [4.78, 5) is 3.87. The maximum Gasteiger partial charge on any atom is 0.0954 e. The van der Waals surface area contributed by atoms with E-state index in [1.54, 1.807) is 12.5 Å². The van der Waals surface area contributed by atoms with Crippen LogP contribution in [-0.2, 0) is 6.54 Å². The highest BCUT2D eigenvalue weighted by atomic mass is 15.0. The molecule has 0 spiro atoms. The fourth-order valence-electron chi connectivity index (χ4n) is 0.551. The standard InChI is InChI=1S/C7H8N2/c1-2-3-5-9-6-4-8-7-9/h4,6-7H,5H2,1H3. The summed E-state index contributed by atoms with van der Waals surface area (Å²) in [5.74, 6) is 5.73. The maximum atomic E-state index is 3.87. The summed E-state index contributed by atoms with van der Waals surface area (Å²) in [5, 5.41) is 0. The first kappa shape index (κ1) is 5.90. The largest absolute Gasteiger partial charge is 0.326 e. The van der Waals surface area contributed by atoms with Crippen LogP contribution in [-0.4, -0.2) is 9.55 Å². The second-order valence-electron chi connectivity index (χ2n) is 1.66. The predicted octanol–water partition coefficient (Wildman–Crippen LogP) is 0.906. The summed E-state index contributed by atoms with van der Waals surface area (Å²) < 4.78 is 1.93. The van der Waals surface area contributed by atoms with Gasteiger partial charge in [-0.1, -0.05) is 5.92 Å². The Kier molecular flexibility index (Phi) is 1.92. The SMILES string of the molecule is CC#CCn1ccnc1. The lowest BCUT2D eigenvalue weighted by atomic mass is 10.6. The molecule has 0 saturated heterocycles. The molecule has 46 valence electrons. The molecule has 0 amide bonds. The number of rotatable bonds is 1. The zero-order valence-corrected chi connectivity index (χ0v) is 5.33. The van der Waals surface area contributed by atoms with Crippen LogP contribution in [0.5, 0.6) is 0 Å². The minimum Gasteiger partial charge on any atom is -0.326 e. The highest BCUT2D eigenvalue weighted by Gasteiger charge is 1.80. The number of aromatic nitrogens is 2. The van der Waals surface area contributed by atoms with Crippen LogP contribution in [0.15, 0.2) is 18.7 Å². The van der Waals surface area contributed by atoms with E-state index in [-0.39, 0.29) is 0 Å². The molecule has 0 fully saturated rings. The summed E-state index contributed by atoms with van der Waals surface area (Å²) in [5.41, 5.74) is 0. The number of imidazole rings is 1. The van der Waals surface area contributed by atoms with Crippen molar-refractivity contribution in [1.29, 1.82) is 0 Å². The highest BCUT2D eigenvalue weighted by molar-refractivity contribution is 4.96. The molecule has 0 unspecified atom stereocenters. The second-order valence-corrected chi connectivity index (χ2v) is 1.66. The molecule has 0 aliphatic rings.